The fourth-order valence-electron chi connectivity index (χ4n) is 6.43. The van der Waals surface area contributed by atoms with Gasteiger partial charge in [0.25, 0.3) is 5.91 Å². The lowest BCUT2D eigenvalue weighted by molar-refractivity contribution is -0.136. The zero-order valence-electron chi connectivity index (χ0n) is 14.6. The maximum absolute atomic E-state index is 13.0. The lowest BCUT2D eigenvalue weighted by Gasteiger charge is -2.58. The van der Waals surface area contributed by atoms with E-state index in [1.54, 1.807) is 6.20 Å². The van der Waals surface area contributed by atoms with Crippen LogP contribution in [0.1, 0.15) is 79.8 Å². The predicted molar refractivity (Wildman–Crippen MR) is 91.8 cm³/mol. The minimum atomic E-state index is -0.461. The summed E-state index contributed by atoms with van der Waals surface area (Å²) in [6, 6.07) is 0.199. The number of hydrogen-bond donors (Lipinski definition) is 2. The fourth-order valence-corrected chi connectivity index (χ4v) is 6.43. The summed E-state index contributed by atoms with van der Waals surface area (Å²) in [5.74, 6) is 1.84. The van der Waals surface area contributed by atoms with E-state index in [0.717, 1.165) is 50.6 Å². The number of rotatable bonds is 3. The third-order valence-electron chi connectivity index (χ3n) is 7.22. The van der Waals surface area contributed by atoms with Crippen molar-refractivity contribution in [1.82, 2.24) is 15.3 Å². The molecule has 2 N–H and O–H groups in total. The Bertz CT molecular complexity index is 669. The van der Waals surface area contributed by atoms with Gasteiger partial charge in [0.05, 0.1) is 16.9 Å². The van der Waals surface area contributed by atoms with Crippen LogP contribution < -0.4 is 5.32 Å². The summed E-state index contributed by atoms with van der Waals surface area (Å²) >= 11 is 0. The van der Waals surface area contributed by atoms with Gasteiger partial charge in [-0.25, -0.2) is 9.97 Å². The first kappa shape index (κ1) is 15.7. The highest BCUT2D eigenvalue weighted by atomic mass is 16.3. The molecule has 0 aromatic carbocycles. The van der Waals surface area contributed by atoms with Crippen LogP contribution in [-0.4, -0.2) is 32.6 Å². The molecule has 0 spiro atoms. The van der Waals surface area contributed by atoms with Gasteiger partial charge < -0.3 is 10.4 Å². The Morgan fingerprint density at radius 3 is 2.60 bits per heavy atom. The van der Waals surface area contributed by atoms with Crippen LogP contribution in [0, 0.1) is 24.1 Å². The van der Waals surface area contributed by atoms with Crippen molar-refractivity contribution in [3.63, 3.8) is 0 Å². The second-order valence-corrected chi connectivity index (χ2v) is 8.94. The molecule has 1 aromatic heterocycles. The second-order valence-electron chi connectivity index (χ2n) is 8.94. The van der Waals surface area contributed by atoms with Crippen LogP contribution >= 0.6 is 0 Å². The molecule has 25 heavy (non-hydrogen) atoms. The maximum atomic E-state index is 13.0. The predicted octanol–water partition coefficient (Wildman–Crippen LogP) is 2.60. The Labute approximate surface area is 148 Å². The van der Waals surface area contributed by atoms with Crippen LogP contribution in [0.25, 0.3) is 0 Å². The molecule has 133 valence electrons. The van der Waals surface area contributed by atoms with Crippen molar-refractivity contribution in [1.29, 1.82) is 0 Å². The molecular weight excluding hydrogens is 314 g/mol. The largest absolute Gasteiger partial charge is 0.390 e. The second kappa shape index (κ2) is 5.76. The first-order chi connectivity index (χ1) is 12.1. The SMILES string of the molecule is O=C(NC1C2CC3CC1CC(O)(C3)C2)c1cn[c]nc1C1CCCC1. The maximum Gasteiger partial charge on any atom is 0.254 e. The van der Waals surface area contributed by atoms with Gasteiger partial charge in [0.2, 0.25) is 0 Å². The van der Waals surface area contributed by atoms with Crippen molar-refractivity contribution in [3.8, 4) is 0 Å². The van der Waals surface area contributed by atoms with E-state index in [0.29, 0.717) is 29.2 Å². The van der Waals surface area contributed by atoms with Crippen LogP contribution in [0.2, 0.25) is 0 Å². The third-order valence-corrected chi connectivity index (χ3v) is 7.22. The molecule has 1 aromatic rings. The average molecular weight is 340 g/mol. The Hall–Kier alpha value is -1.49. The molecule has 4 bridgehead atoms. The summed E-state index contributed by atoms with van der Waals surface area (Å²) in [5, 5.41) is 14.0. The standard InChI is InChI=1S/C20H26N3O2/c24-19(16-10-21-11-22-18(16)13-3-1-2-4-13)23-17-14-5-12-6-15(17)9-20(25,7-12)8-14/h10,12-15,17,25H,1-9H2,(H,23,24). The van der Waals surface area contributed by atoms with Gasteiger partial charge in [-0.1, -0.05) is 12.8 Å². The van der Waals surface area contributed by atoms with E-state index in [4.69, 9.17) is 0 Å². The molecule has 5 nitrogen and oxygen atoms in total. The molecule has 1 amide bonds. The summed E-state index contributed by atoms with van der Waals surface area (Å²) in [5.41, 5.74) is 1.06. The van der Waals surface area contributed by atoms with Crippen LogP contribution in [0.5, 0.6) is 0 Å². The van der Waals surface area contributed by atoms with E-state index in [1.807, 2.05) is 0 Å². The highest BCUT2D eigenvalue weighted by Crippen LogP contribution is 2.55. The van der Waals surface area contributed by atoms with Gasteiger partial charge >= 0.3 is 0 Å². The molecule has 0 aliphatic heterocycles. The summed E-state index contributed by atoms with van der Waals surface area (Å²) in [7, 11) is 0. The highest BCUT2D eigenvalue weighted by Gasteiger charge is 2.55. The molecule has 5 aliphatic carbocycles. The smallest absolute Gasteiger partial charge is 0.254 e. The molecule has 1 radical (unpaired) electrons. The molecule has 2 atom stereocenters. The quantitative estimate of drug-likeness (QED) is 0.887. The first-order valence-electron chi connectivity index (χ1n) is 9.87. The number of hydrogen-bond acceptors (Lipinski definition) is 4. The van der Waals surface area contributed by atoms with Crippen molar-refractivity contribution in [2.75, 3.05) is 0 Å². The van der Waals surface area contributed by atoms with E-state index < -0.39 is 5.60 Å². The van der Waals surface area contributed by atoms with E-state index in [-0.39, 0.29) is 11.9 Å². The lowest BCUT2D eigenvalue weighted by atomic mass is 9.52. The number of nitrogens with one attached hydrogen (secondary N) is 1. The van der Waals surface area contributed by atoms with Crippen molar-refractivity contribution < 1.29 is 9.90 Å². The van der Waals surface area contributed by atoms with Gasteiger partial charge in [0.1, 0.15) is 0 Å². The summed E-state index contributed by atoms with van der Waals surface area (Å²) < 4.78 is 0. The number of carbonyl (C=O) groups is 1. The van der Waals surface area contributed by atoms with Gasteiger partial charge in [-0.05, 0) is 62.7 Å². The molecule has 5 fully saturated rings. The fraction of sp³-hybridized carbons (Fsp3) is 0.750. The van der Waals surface area contributed by atoms with E-state index in [2.05, 4.69) is 21.6 Å². The lowest BCUT2D eigenvalue weighted by Crippen LogP contribution is -2.61. The monoisotopic (exact) mass is 340 g/mol. The van der Waals surface area contributed by atoms with Gasteiger partial charge in [0, 0.05) is 18.2 Å². The molecule has 5 saturated carbocycles. The molecule has 5 aliphatic rings. The molecule has 2 unspecified atom stereocenters. The highest BCUT2D eigenvalue weighted by molar-refractivity contribution is 5.95. The Balaban J connectivity index is 1.36. The van der Waals surface area contributed by atoms with Crippen LogP contribution in [0.15, 0.2) is 6.20 Å². The summed E-state index contributed by atoms with van der Waals surface area (Å²) in [6.45, 7) is 0. The number of nitrogens with zero attached hydrogens (tertiary/aromatic N) is 2. The van der Waals surface area contributed by atoms with Gasteiger partial charge in [-0.3, -0.25) is 4.79 Å². The number of aromatic nitrogens is 2. The zero-order valence-corrected chi connectivity index (χ0v) is 14.6. The zero-order chi connectivity index (χ0) is 17.0. The Morgan fingerprint density at radius 1 is 1.20 bits per heavy atom. The minimum Gasteiger partial charge on any atom is -0.390 e. The van der Waals surface area contributed by atoms with Crippen molar-refractivity contribution >= 4 is 5.91 Å². The normalized spacial score (nSPS) is 39.7. The summed E-state index contributed by atoms with van der Waals surface area (Å²) in [4.78, 5) is 21.4. The third kappa shape index (κ3) is 2.67. The van der Waals surface area contributed by atoms with Crippen LogP contribution in [0.3, 0.4) is 0 Å². The minimum absolute atomic E-state index is 0.0274. The number of amides is 1. The first-order valence-corrected chi connectivity index (χ1v) is 9.87. The van der Waals surface area contributed by atoms with Gasteiger partial charge in [-0.15, -0.1) is 0 Å². The van der Waals surface area contributed by atoms with E-state index >= 15 is 0 Å². The number of carbonyl (C=O) groups excluding carboxylic acids is 1. The van der Waals surface area contributed by atoms with Crippen LogP contribution in [-0.2, 0) is 0 Å². The number of aliphatic hydroxyl groups is 1. The van der Waals surface area contributed by atoms with Gasteiger partial charge in [0.15, 0.2) is 6.33 Å². The Morgan fingerprint density at radius 2 is 1.92 bits per heavy atom. The van der Waals surface area contributed by atoms with Gasteiger partial charge in [-0.2, -0.15) is 0 Å². The van der Waals surface area contributed by atoms with E-state index in [9.17, 15) is 9.90 Å². The van der Waals surface area contributed by atoms with Crippen molar-refractivity contribution in [2.45, 2.75) is 75.3 Å². The van der Waals surface area contributed by atoms with Crippen molar-refractivity contribution in [3.05, 3.63) is 23.8 Å². The average Bonchev–Trinajstić information content (AvgIpc) is 3.11. The van der Waals surface area contributed by atoms with E-state index in [1.165, 1.54) is 12.8 Å². The molecular formula is C20H26N3O2. The summed E-state index contributed by atoms with van der Waals surface area (Å²) in [6.07, 6.45) is 13.9. The Kier molecular flexibility index (Phi) is 3.63. The molecule has 5 heteroatoms. The van der Waals surface area contributed by atoms with Crippen LogP contribution in [0.4, 0.5) is 0 Å². The van der Waals surface area contributed by atoms with Crippen molar-refractivity contribution in [2.24, 2.45) is 17.8 Å². The molecule has 6 rings (SSSR count). The molecule has 1 heterocycles. The molecule has 0 saturated heterocycles. The topological polar surface area (TPSA) is 75.1 Å².